The van der Waals surface area contributed by atoms with Gasteiger partial charge in [0, 0.05) is 35.1 Å². The minimum Gasteiger partial charge on any atom is -0.497 e. The predicted molar refractivity (Wildman–Crippen MR) is 142 cm³/mol. The van der Waals surface area contributed by atoms with E-state index in [4.69, 9.17) is 18.9 Å². The van der Waals surface area contributed by atoms with Crippen LogP contribution in [-0.2, 0) is 14.3 Å². The maximum atomic E-state index is 13.8. The molecular weight excluding hydrogens is 490 g/mol. The van der Waals surface area contributed by atoms with E-state index in [1.165, 1.54) is 0 Å². The van der Waals surface area contributed by atoms with Gasteiger partial charge in [0.05, 0.1) is 12.7 Å². The topological polar surface area (TPSA) is 83.1 Å². The Morgan fingerprint density at radius 2 is 1.84 bits per heavy atom. The molecule has 37 heavy (non-hydrogen) atoms. The molecule has 0 saturated carbocycles. The van der Waals surface area contributed by atoms with E-state index in [0.29, 0.717) is 47.8 Å². The first-order valence-corrected chi connectivity index (χ1v) is 13.7. The summed E-state index contributed by atoms with van der Waals surface area (Å²) in [6.45, 7) is 4.42. The van der Waals surface area contributed by atoms with Gasteiger partial charge in [-0.3, -0.25) is 4.79 Å². The molecular formula is C29H31NO6S. The Labute approximate surface area is 221 Å². The number of benzene rings is 2. The Bertz CT molecular complexity index is 1270. The van der Waals surface area contributed by atoms with Crippen molar-refractivity contribution >= 4 is 23.5 Å². The molecule has 0 aromatic heterocycles. The number of ketones is 1. The Morgan fingerprint density at radius 1 is 1.08 bits per heavy atom. The number of methoxy groups -OCH3 is 1. The van der Waals surface area contributed by atoms with Gasteiger partial charge in [-0.05, 0) is 60.4 Å². The van der Waals surface area contributed by atoms with Gasteiger partial charge in [-0.2, -0.15) is 11.8 Å². The number of thioether (sulfide) groups is 1. The summed E-state index contributed by atoms with van der Waals surface area (Å²) in [7, 11) is 1.64. The van der Waals surface area contributed by atoms with Crippen molar-refractivity contribution in [2.45, 2.75) is 38.5 Å². The van der Waals surface area contributed by atoms with Crippen molar-refractivity contribution in [3.63, 3.8) is 0 Å². The number of rotatable bonds is 8. The number of carbonyl (C=O) groups excluding carboxylic acids is 2. The van der Waals surface area contributed by atoms with Gasteiger partial charge < -0.3 is 24.3 Å². The summed E-state index contributed by atoms with van der Waals surface area (Å²) in [5.74, 6) is 2.86. The summed E-state index contributed by atoms with van der Waals surface area (Å²) in [5.41, 5.74) is 4.55. The fraction of sp³-hybridized carbons (Fsp3) is 0.379. The van der Waals surface area contributed by atoms with Crippen LogP contribution >= 0.6 is 11.8 Å². The normalized spacial score (nSPS) is 20.5. The summed E-state index contributed by atoms with van der Waals surface area (Å²) in [5, 5.41) is 3.41. The molecule has 3 aliphatic rings. The first kappa shape index (κ1) is 25.3. The van der Waals surface area contributed by atoms with Gasteiger partial charge in [-0.1, -0.05) is 25.1 Å². The van der Waals surface area contributed by atoms with Crippen LogP contribution in [0.1, 0.15) is 49.7 Å². The number of nitrogens with one attached hydrogen (secondary N) is 1. The summed E-state index contributed by atoms with van der Waals surface area (Å²) in [6, 6.07) is 13.5. The van der Waals surface area contributed by atoms with Crippen LogP contribution in [0.15, 0.2) is 65.0 Å². The molecule has 5 rings (SSSR count). The van der Waals surface area contributed by atoms with Crippen LogP contribution in [0, 0.1) is 0 Å². The zero-order chi connectivity index (χ0) is 25.9. The zero-order valence-corrected chi connectivity index (χ0v) is 22.1. The second-order valence-electron chi connectivity index (χ2n) is 9.24. The van der Waals surface area contributed by atoms with Crippen molar-refractivity contribution < 1.29 is 28.5 Å². The molecule has 0 unspecified atom stereocenters. The lowest BCUT2D eigenvalue weighted by atomic mass is 9.71. The highest BCUT2D eigenvalue weighted by molar-refractivity contribution is 7.99. The second kappa shape index (κ2) is 10.9. The van der Waals surface area contributed by atoms with Gasteiger partial charge in [0.1, 0.15) is 12.4 Å². The number of hydrogen-bond acceptors (Lipinski definition) is 8. The molecule has 0 radical (unpaired) electrons. The van der Waals surface area contributed by atoms with E-state index < -0.39 is 11.9 Å². The highest BCUT2D eigenvalue weighted by Crippen LogP contribution is 2.47. The smallest absolute Gasteiger partial charge is 0.336 e. The van der Waals surface area contributed by atoms with Gasteiger partial charge in [0.15, 0.2) is 17.3 Å². The number of allylic oxidation sites excluding steroid dienone is 3. The van der Waals surface area contributed by atoms with Crippen LogP contribution in [0.5, 0.6) is 17.2 Å². The molecule has 0 spiro atoms. The molecule has 0 amide bonds. The molecule has 0 fully saturated rings. The maximum Gasteiger partial charge on any atom is 0.336 e. The van der Waals surface area contributed by atoms with Crippen molar-refractivity contribution in [1.29, 1.82) is 0 Å². The van der Waals surface area contributed by atoms with Crippen LogP contribution in [0.25, 0.3) is 0 Å². The Hall–Kier alpha value is -3.39. The van der Waals surface area contributed by atoms with E-state index >= 15 is 0 Å². The lowest BCUT2D eigenvalue weighted by Gasteiger charge is -2.36. The maximum absolute atomic E-state index is 13.8. The van der Waals surface area contributed by atoms with Gasteiger partial charge >= 0.3 is 5.97 Å². The van der Waals surface area contributed by atoms with Crippen LogP contribution in [0.4, 0.5) is 0 Å². The molecule has 2 heterocycles. The van der Waals surface area contributed by atoms with Crippen molar-refractivity contribution in [1.82, 2.24) is 5.32 Å². The molecule has 0 saturated heterocycles. The summed E-state index contributed by atoms with van der Waals surface area (Å²) < 4.78 is 22.1. The highest BCUT2D eigenvalue weighted by Gasteiger charge is 2.41. The third-order valence-electron chi connectivity index (χ3n) is 7.03. The highest BCUT2D eigenvalue weighted by atomic mass is 32.2. The first-order chi connectivity index (χ1) is 18.0. The van der Waals surface area contributed by atoms with Gasteiger partial charge in [-0.25, -0.2) is 4.79 Å². The SMILES string of the molecule is CCSCCOC(=O)C1=C(C)NC2=C(C(=O)C[C@H](c3ccc(OC)cc3)C2)[C@H]1c1ccc2c(c1)OCO2. The molecule has 2 aromatic carbocycles. The number of Topliss-reactive ketones (excluding diaryl/α,β-unsaturated/α-hetero) is 1. The summed E-state index contributed by atoms with van der Waals surface area (Å²) in [6.07, 6.45) is 1.03. The van der Waals surface area contributed by atoms with E-state index in [9.17, 15) is 9.59 Å². The molecule has 0 bridgehead atoms. The van der Waals surface area contributed by atoms with Crippen molar-refractivity contribution in [2.24, 2.45) is 0 Å². The van der Waals surface area contributed by atoms with Crippen molar-refractivity contribution in [3.8, 4) is 17.2 Å². The molecule has 1 aliphatic carbocycles. The number of hydrogen-bond donors (Lipinski definition) is 1. The van der Waals surface area contributed by atoms with Gasteiger partial charge in [0.25, 0.3) is 0 Å². The molecule has 1 N–H and O–H groups in total. The standard InChI is InChI=1S/C29H31NO6S/c1-4-37-12-11-34-29(32)26-17(2)30-22-13-20(18-5-8-21(33-3)9-6-18)14-23(31)28(22)27(26)19-7-10-24-25(15-19)36-16-35-24/h5-10,15,20,27,30H,4,11-14,16H2,1-3H3/t20-,27+/m1/s1. The van der Waals surface area contributed by atoms with Gasteiger partial charge in [0.2, 0.25) is 6.79 Å². The van der Waals surface area contributed by atoms with Crippen LogP contribution < -0.4 is 19.5 Å². The van der Waals surface area contributed by atoms with Crippen LogP contribution in [0.2, 0.25) is 0 Å². The number of esters is 1. The predicted octanol–water partition coefficient (Wildman–Crippen LogP) is 5.08. The molecule has 2 aromatic rings. The second-order valence-corrected chi connectivity index (χ2v) is 10.6. The summed E-state index contributed by atoms with van der Waals surface area (Å²) in [4.78, 5) is 27.2. The van der Waals surface area contributed by atoms with Crippen molar-refractivity contribution in [3.05, 3.63) is 76.1 Å². The Balaban J connectivity index is 1.51. The molecule has 7 nitrogen and oxygen atoms in total. The molecule has 194 valence electrons. The minimum absolute atomic E-state index is 0.0246. The van der Waals surface area contributed by atoms with Gasteiger partial charge in [-0.15, -0.1) is 0 Å². The number of fused-ring (bicyclic) bond motifs is 1. The molecule has 8 heteroatoms. The quantitative estimate of drug-likeness (QED) is 0.380. The van der Waals surface area contributed by atoms with E-state index in [1.807, 2.05) is 49.4 Å². The summed E-state index contributed by atoms with van der Waals surface area (Å²) >= 11 is 1.72. The first-order valence-electron chi connectivity index (χ1n) is 12.5. The van der Waals surface area contributed by atoms with Crippen molar-refractivity contribution in [2.75, 3.05) is 32.0 Å². The third kappa shape index (κ3) is 5.07. The minimum atomic E-state index is -0.540. The van der Waals surface area contributed by atoms with Crippen LogP contribution in [0.3, 0.4) is 0 Å². The lowest BCUT2D eigenvalue weighted by molar-refractivity contribution is -0.138. The number of carbonyl (C=O) groups is 2. The van der Waals surface area contributed by atoms with E-state index in [1.54, 1.807) is 18.9 Å². The third-order valence-corrected chi connectivity index (χ3v) is 7.89. The van der Waals surface area contributed by atoms with E-state index in [2.05, 4.69) is 12.2 Å². The number of dihydropyridines is 1. The Kier molecular flexibility index (Phi) is 7.46. The monoisotopic (exact) mass is 521 g/mol. The Morgan fingerprint density at radius 3 is 2.59 bits per heavy atom. The van der Waals surface area contributed by atoms with E-state index in [-0.39, 0.29) is 18.5 Å². The lowest BCUT2D eigenvalue weighted by Crippen LogP contribution is -2.36. The van der Waals surface area contributed by atoms with E-state index in [0.717, 1.165) is 34.1 Å². The zero-order valence-electron chi connectivity index (χ0n) is 21.3. The molecule has 2 atom stereocenters. The fourth-order valence-electron chi connectivity index (χ4n) is 5.26. The molecule has 2 aliphatic heterocycles. The fourth-order valence-corrected chi connectivity index (χ4v) is 5.75. The van der Waals surface area contributed by atoms with Crippen LogP contribution in [-0.4, -0.2) is 43.8 Å². The largest absolute Gasteiger partial charge is 0.497 e. The average molecular weight is 522 g/mol. The number of ether oxygens (including phenoxy) is 4. The average Bonchev–Trinajstić information content (AvgIpc) is 3.38.